The number of carboxylic acids is 1. The van der Waals surface area contributed by atoms with Gasteiger partial charge in [0.05, 0.1) is 16.7 Å². The Morgan fingerprint density at radius 3 is 2.47 bits per heavy atom. The zero-order valence-corrected chi connectivity index (χ0v) is 9.09. The summed E-state index contributed by atoms with van der Waals surface area (Å²) in [6.45, 7) is -0.371. The molecule has 0 heterocycles. The van der Waals surface area contributed by atoms with Crippen LogP contribution in [0.15, 0.2) is 24.3 Å². The molecule has 1 aromatic carbocycles. The molecular formula is C10H8Cl2O3. The van der Waals surface area contributed by atoms with Crippen LogP contribution < -0.4 is 0 Å². The quantitative estimate of drug-likeness (QED) is 0.806. The third kappa shape index (κ3) is 3.23. The minimum Gasteiger partial charge on any atom is -0.478 e. The Morgan fingerprint density at radius 2 is 2.00 bits per heavy atom. The van der Waals surface area contributed by atoms with Crippen molar-refractivity contribution in [3.05, 3.63) is 39.9 Å². The molecule has 1 rings (SSSR count). The van der Waals surface area contributed by atoms with E-state index in [1.807, 2.05) is 0 Å². The predicted molar refractivity (Wildman–Crippen MR) is 59.2 cm³/mol. The van der Waals surface area contributed by atoms with Gasteiger partial charge in [-0.15, -0.1) is 0 Å². The maximum atomic E-state index is 10.4. The molecule has 0 aliphatic rings. The van der Waals surface area contributed by atoms with Crippen LogP contribution in [0.5, 0.6) is 0 Å². The van der Waals surface area contributed by atoms with Crippen molar-refractivity contribution in [2.75, 3.05) is 6.61 Å². The van der Waals surface area contributed by atoms with Gasteiger partial charge in [0, 0.05) is 6.08 Å². The first-order valence-electron chi connectivity index (χ1n) is 4.04. The van der Waals surface area contributed by atoms with Crippen molar-refractivity contribution in [2.45, 2.75) is 0 Å². The van der Waals surface area contributed by atoms with Crippen molar-refractivity contribution in [1.29, 1.82) is 0 Å². The number of carboxylic acid groups (broad SMARTS) is 1. The van der Waals surface area contributed by atoms with Crippen LogP contribution in [0.4, 0.5) is 0 Å². The van der Waals surface area contributed by atoms with E-state index in [1.165, 1.54) is 6.07 Å². The fourth-order valence-electron chi connectivity index (χ4n) is 1.07. The number of benzene rings is 1. The smallest absolute Gasteiger partial charge is 0.328 e. The molecule has 0 saturated heterocycles. The summed E-state index contributed by atoms with van der Waals surface area (Å²) in [6, 6.07) is 4.65. The summed E-state index contributed by atoms with van der Waals surface area (Å²) in [4.78, 5) is 10.4. The van der Waals surface area contributed by atoms with Crippen molar-refractivity contribution in [1.82, 2.24) is 0 Å². The van der Waals surface area contributed by atoms with Crippen LogP contribution >= 0.6 is 23.2 Å². The molecule has 0 atom stereocenters. The van der Waals surface area contributed by atoms with Gasteiger partial charge in [-0.2, -0.15) is 0 Å². The number of carbonyl (C=O) groups is 1. The van der Waals surface area contributed by atoms with Crippen molar-refractivity contribution >= 4 is 34.7 Å². The highest BCUT2D eigenvalue weighted by Crippen LogP contribution is 2.25. The van der Waals surface area contributed by atoms with E-state index in [-0.39, 0.29) is 12.2 Å². The number of halogens is 2. The number of hydrogen-bond donors (Lipinski definition) is 2. The Labute approximate surface area is 96.6 Å². The monoisotopic (exact) mass is 246 g/mol. The minimum absolute atomic E-state index is 0.279. The molecule has 5 heteroatoms. The zero-order valence-electron chi connectivity index (χ0n) is 7.58. The Balaban J connectivity index is 3.14. The molecule has 0 amide bonds. The van der Waals surface area contributed by atoms with Crippen molar-refractivity contribution < 1.29 is 15.0 Å². The number of rotatable bonds is 3. The maximum Gasteiger partial charge on any atom is 0.328 e. The second kappa shape index (κ2) is 5.16. The van der Waals surface area contributed by atoms with E-state index in [4.69, 9.17) is 33.4 Å². The van der Waals surface area contributed by atoms with Gasteiger partial charge >= 0.3 is 5.97 Å². The molecule has 0 saturated carbocycles. The van der Waals surface area contributed by atoms with Crippen molar-refractivity contribution in [3.8, 4) is 0 Å². The summed E-state index contributed by atoms with van der Waals surface area (Å²) in [5, 5.41) is 18.2. The largest absolute Gasteiger partial charge is 0.478 e. The highest BCUT2D eigenvalue weighted by atomic mass is 35.5. The summed E-state index contributed by atoms with van der Waals surface area (Å²) in [6.07, 6.45) is 0.930. The Kier molecular flexibility index (Phi) is 4.15. The second-order valence-corrected chi connectivity index (χ2v) is 3.61. The Hall–Kier alpha value is -1.03. The fraction of sp³-hybridized carbons (Fsp3) is 0.100. The number of aliphatic hydroxyl groups is 1. The summed E-state index contributed by atoms with van der Waals surface area (Å²) >= 11 is 11.5. The van der Waals surface area contributed by atoms with E-state index in [0.29, 0.717) is 15.6 Å². The molecule has 3 nitrogen and oxygen atoms in total. The van der Waals surface area contributed by atoms with E-state index in [1.54, 1.807) is 12.1 Å². The van der Waals surface area contributed by atoms with Gasteiger partial charge in [-0.05, 0) is 23.3 Å². The molecule has 0 aromatic heterocycles. The average Bonchev–Trinajstić information content (AvgIpc) is 2.18. The van der Waals surface area contributed by atoms with Crippen molar-refractivity contribution in [3.63, 3.8) is 0 Å². The summed E-state index contributed by atoms with van der Waals surface area (Å²) in [5.41, 5.74) is 0.815. The molecule has 2 N–H and O–H groups in total. The van der Waals surface area contributed by atoms with Crippen LogP contribution in [0.2, 0.25) is 10.0 Å². The lowest BCUT2D eigenvalue weighted by molar-refractivity contribution is -0.131. The lowest BCUT2D eigenvalue weighted by Crippen LogP contribution is -1.96. The van der Waals surface area contributed by atoms with E-state index in [2.05, 4.69) is 0 Å². The normalized spacial score (nSPS) is 11.5. The van der Waals surface area contributed by atoms with Gasteiger partial charge in [0.2, 0.25) is 0 Å². The predicted octanol–water partition coefficient (Wildman–Crippen LogP) is 2.45. The second-order valence-electron chi connectivity index (χ2n) is 2.79. The van der Waals surface area contributed by atoms with Gasteiger partial charge in [-0.3, -0.25) is 0 Å². The van der Waals surface area contributed by atoms with Gasteiger partial charge in [-0.25, -0.2) is 4.79 Å². The van der Waals surface area contributed by atoms with E-state index in [9.17, 15) is 4.79 Å². The standard InChI is InChI=1S/C10H8Cl2O3/c11-8-2-1-6(3-9(8)12)7(5-13)4-10(14)15/h1-4,13H,5H2,(H,14,15)/b7-4+. The van der Waals surface area contributed by atoms with Gasteiger partial charge in [-0.1, -0.05) is 29.3 Å². The van der Waals surface area contributed by atoms with Gasteiger partial charge in [0.25, 0.3) is 0 Å². The molecule has 15 heavy (non-hydrogen) atoms. The van der Waals surface area contributed by atoms with Crippen LogP contribution in [0.25, 0.3) is 5.57 Å². The summed E-state index contributed by atoms with van der Waals surface area (Å²) < 4.78 is 0. The van der Waals surface area contributed by atoms with Crippen LogP contribution in [0, 0.1) is 0 Å². The topological polar surface area (TPSA) is 57.5 Å². The SMILES string of the molecule is O=C(O)/C=C(\CO)c1ccc(Cl)c(Cl)c1. The zero-order chi connectivity index (χ0) is 11.4. The molecule has 0 unspecified atom stereocenters. The van der Waals surface area contributed by atoms with E-state index in [0.717, 1.165) is 6.08 Å². The van der Waals surface area contributed by atoms with Gasteiger partial charge in [0.1, 0.15) is 0 Å². The first-order valence-corrected chi connectivity index (χ1v) is 4.80. The van der Waals surface area contributed by atoms with Gasteiger partial charge < -0.3 is 10.2 Å². The maximum absolute atomic E-state index is 10.4. The molecule has 0 aliphatic heterocycles. The first kappa shape index (κ1) is 12.0. The molecule has 0 bridgehead atoms. The highest BCUT2D eigenvalue weighted by molar-refractivity contribution is 6.42. The molecule has 0 fully saturated rings. The average molecular weight is 247 g/mol. The number of hydrogen-bond acceptors (Lipinski definition) is 2. The summed E-state index contributed by atoms with van der Waals surface area (Å²) in [7, 11) is 0. The summed E-state index contributed by atoms with van der Waals surface area (Å²) in [5.74, 6) is -1.12. The lowest BCUT2D eigenvalue weighted by Gasteiger charge is -2.04. The minimum atomic E-state index is -1.12. The first-order chi connectivity index (χ1) is 7.04. The van der Waals surface area contributed by atoms with Crippen LogP contribution in [0.1, 0.15) is 5.56 Å². The van der Waals surface area contributed by atoms with Crippen molar-refractivity contribution in [2.24, 2.45) is 0 Å². The molecule has 0 radical (unpaired) electrons. The van der Waals surface area contributed by atoms with Gasteiger partial charge in [0.15, 0.2) is 0 Å². The molecular weight excluding hydrogens is 239 g/mol. The number of aliphatic hydroxyl groups excluding tert-OH is 1. The van der Waals surface area contributed by atoms with Crippen LogP contribution in [-0.2, 0) is 4.79 Å². The molecule has 80 valence electrons. The highest BCUT2D eigenvalue weighted by Gasteiger charge is 2.05. The molecule has 0 aliphatic carbocycles. The van der Waals surface area contributed by atoms with E-state index < -0.39 is 5.97 Å². The fourth-order valence-corrected chi connectivity index (χ4v) is 1.36. The third-order valence-electron chi connectivity index (χ3n) is 1.76. The van der Waals surface area contributed by atoms with Crippen LogP contribution in [-0.4, -0.2) is 22.8 Å². The van der Waals surface area contributed by atoms with Crippen LogP contribution in [0.3, 0.4) is 0 Å². The Bertz CT molecular complexity index is 413. The number of aliphatic carboxylic acids is 1. The lowest BCUT2D eigenvalue weighted by atomic mass is 10.1. The van der Waals surface area contributed by atoms with E-state index >= 15 is 0 Å². The third-order valence-corrected chi connectivity index (χ3v) is 2.50. The molecule has 1 aromatic rings. The Morgan fingerprint density at radius 1 is 1.33 bits per heavy atom. The molecule has 0 spiro atoms.